The first kappa shape index (κ1) is 10.8. The molecule has 5 nitrogen and oxygen atoms in total. The molecular formula is C10H7BrN2O3. The molecule has 6 heteroatoms. The second-order valence-electron chi connectivity index (χ2n) is 3.04. The highest BCUT2D eigenvalue weighted by molar-refractivity contribution is 9.10. The molecule has 2 rings (SSSR count). The molecule has 0 aliphatic heterocycles. The van der Waals surface area contributed by atoms with Crippen LogP contribution in [0.15, 0.2) is 33.8 Å². The van der Waals surface area contributed by atoms with Gasteiger partial charge < -0.3 is 4.74 Å². The molecule has 0 radical (unpaired) electrons. The predicted molar refractivity (Wildman–Crippen MR) is 60.5 cm³/mol. The quantitative estimate of drug-likeness (QED) is 0.739. The lowest BCUT2D eigenvalue weighted by molar-refractivity contribution is 0.0600. The van der Waals surface area contributed by atoms with Crippen molar-refractivity contribution in [1.29, 1.82) is 0 Å². The van der Waals surface area contributed by atoms with Crippen LogP contribution in [0.4, 0.5) is 0 Å². The van der Waals surface area contributed by atoms with E-state index in [-0.39, 0.29) is 11.1 Å². The van der Waals surface area contributed by atoms with Gasteiger partial charge in [-0.2, -0.15) is 0 Å². The SMILES string of the molecule is COC(=O)c1cc(Br)c2nccc(=O)n2c1. The molecule has 2 aromatic rings. The van der Waals surface area contributed by atoms with Gasteiger partial charge in [-0.3, -0.25) is 9.20 Å². The molecule has 0 fully saturated rings. The fourth-order valence-corrected chi connectivity index (χ4v) is 1.87. The molecule has 0 aromatic carbocycles. The van der Waals surface area contributed by atoms with E-state index < -0.39 is 5.97 Å². The van der Waals surface area contributed by atoms with Crippen molar-refractivity contribution in [3.8, 4) is 0 Å². The number of halogens is 1. The number of carbonyl (C=O) groups excluding carboxylic acids is 1. The monoisotopic (exact) mass is 282 g/mol. The average Bonchev–Trinajstić information content (AvgIpc) is 2.29. The Morgan fingerprint density at radius 2 is 2.31 bits per heavy atom. The summed E-state index contributed by atoms with van der Waals surface area (Å²) in [6.07, 6.45) is 2.82. The van der Waals surface area contributed by atoms with Gasteiger partial charge in [0.15, 0.2) is 5.65 Å². The van der Waals surface area contributed by atoms with E-state index in [4.69, 9.17) is 0 Å². The Balaban J connectivity index is 2.80. The van der Waals surface area contributed by atoms with Crippen LogP contribution in [0.5, 0.6) is 0 Å². The van der Waals surface area contributed by atoms with E-state index in [1.807, 2.05) is 0 Å². The van der Waals surface area contributed by atoms with Crippen LogP contribution in [-0.2, 0) is 4.74 Å². The number of rotatable bonds is 1. The molecule has 0 saturated heterocycles. The Bertz CT molecular complexity index is 621. The standard InChI is InChI=1S/C10H7BrN2O3/c1-16-10(15)6-4-7(11)9-12-3-2-8(14)13(9)5-6/h2-5H,1H3. The minimum absolute atomic E-state index is 0.253. The summed E-state index contributed by atoms with van der Waals surface area (Å²) in [5, 5.41) is 0. The molecule has 0 spiro atoms. The number of esters is 1. The van der Waals surface area contributed by atoms with E-state index in [1.54, 1.807) is 6.07 Å². The highest BCUT2D eigenvalue weighted by Crippen LogP contribution is 2.17. The number of pyridine rings is 1. The van der Waals surface area contributed by atoms with Crippen LogP contribution in [0, 0.1) is 0 Å². The van der Waals surface area contributed by atoms with E-state index in [2.05, 4.69) is 25.7 Å². The first-order valence-corrected chi connectivity index (χ1v) is 5.18. The molecular weight excluding hydrogens is 276 g/mol. The van der Waals surface area contributed by atoms with Gasteiger partial charge in [0.2, 0.25) is 0 Å². The Morgan fingerprint density at radius 3 is 3.00 bits per heavy atom. The Kier molecular flexibility index (Phi) is 2.74. The van der Waals surface area contributed by atoms with Crippen molar-refractivity contribution < 1.29 is 9.53 Å². The van der Waals surface area contributed by atoms with Crippen LogP contribution in [-0.4, -0.2) is 22.5 Å². The third-order valence-corrected chi connectivity index (χ3v) is 2.65. The van der Waals surface area contributed by atoms with Crippen molar-refractivity contribution >= 4 is 27.5 Å². The van der Waals surface area contributed by atoms with Gasteiger partial charge in [-0.05, 0) is 22.0 Å². The van der Waals surface area contributed by atoms with E-state index in [1.165, 1.54) is 30.0 Å². The maximum atomic E-state index is 11.5. The molecule has 0 aliphatic rings. The van der Waals surface area contributed by atoms with Crippen LogP contribution in [0.2, 0.25) is 0 Å². The molecule has 0 bridgehead atoms. The molecule has 0 amide bonds. The molecule has 0 N–H and O–H groups in total. The van der Waals surface area contributed by atoms with Crippen LogP contribution < -0.4 is 5.56 Å². The van der Waals surface area contributed by atoms with Crippen molar-refractivity contribution in [3.63, 3.8) is 0 Å². The van der Waals surface area contributed by atoms with Gasteiger partial charge in [0.05, 0.1) is 17.1 Å². The third-order valence-electron chi connectivity index (χ3n) is 2.06. The van der Waals surface area contributed by atoms with Gasteiger partial charge in [-0.1, -0.05) is 0 Å². The van der Waals surface area contributed by atoms with Crippen LogP contribution in [0.3, 0.4) is 0 Å². The van der Waals surface area contributed by atoms with Gasteiger partial charge in [0.1, 0.15) is 0 Å². The van der Waals surface area contributed by atoms with Crippen LogP contribution >= 0.6 is 15.9 Å². The minimum Gasteiger partial charge on any atom is -0.465 e. The highest BCUT2D eigenvalue weighted by Gasteiger charge is 2.10. The third kappa shape index (κ3) is 1.71. The van der Waals surface area contributed by atoms with Gasteiger partial charge in [0, 0.05) is 18.5 Å². The largest absolute Gasteiger partial charge is 0.465 e. The lowest BCUT2D eigenvalue weighted by Gasteiger charge is -2.04. The molecule has 2 heterocycles. The Labute approximate surface area is 98.8 Å². The summed E-state index contributed by atoms with van der Waals surface area (Å²) >= 11 is 3.25. The zero-order chi connectivity index (χ0) is 11.7. The van der Waals surface area contributed by atoms with E-state index in [0.717, 1.165) is 0 Å². The summed E-state index contributed by atoms with van der Waals surface area (Å²) in [6.45, 7) is 0. The van der Waals surface area contributed by atoms with Crippen molar-refractivity contribution in [2.45, 2.75) is 0 Å². The number of methoxy groups -OCH3 is 1. The topological polar surface area (TPSA) is 60.7 Å². The first-order chi connectivity index (χ1) is 7.63. The number of hydrogen-bond donors (Lipinski definition) is 0. The lowest BCUT2D eigenvalue weighted by Crippen LogP contribution is -2.15. The maximum Gasteiger partial charge on any atom is 0.339 e. The predicted octanol–water partition coefficient (Wildman–Crippen LogP) is 1.24. The number of hydrogen-bond acceptors (Lipinski definition) is 4. The smallest absolute Gasteiger partial charge is 0.339 e. The molecule has 0 atom stereocenters. The fraction of sp³-hybridized carbons (Fsp3) is 0.100. The number of ether oxygens (including phenoxy) is 1. The molecule has 82 valence electrons. The zero-order valence-electron chi connectivity index (χ0n) is 8.31. The van der Waals surface area contributed by atoms with Crippen LogP contribution in [0.25, 0.3) is 5.65 Å². The molecule has 0 unspecified atom stereocenters. The maximum absolute atomic E-state index is 11.5. The molecule has 2 aromatic heterocycles. The normalized spacial score (nSPS) is 10.4. The first-order valence-electron chi connectivity index (χ1n) is 4.38. The number of fused-ring (bicyclic) bond motifs is 1. The Hall–Kier alpha value is -1.69. The van der Waals surface area contributed by atoms with Gasteiger partial charge in [-0.25, -0.2) is 9.78 Å². The second kappa shape index (κ2) is 4.05. The van der Waals surface area contributed by atoms with Gasteiger partial charge in [0.25, 0.3) is 5.56 Å². The lowest BCUT2D eigenvalue weighted by atomic mass is 10.3. The summed E-state index contributed by atoms with van der Waals surface area (Å²) < 4.78 is 6.44. The van der Waals surface area contributed by atoms with E-state index in [9.17, 15) is 9.59 Å². The molecule has 0 saturated carbocycles. The summed E-state index contributed by atoms with van der Waals surface area (Å²) in [4.78, 5) is 26.9. The van der Waals surface area contributed by atoms with Crippen molar-refractivity contribution in [2.24, 2.45) is 0 Å². The summed E-state index contributed by atoms with van der Waals surface area (Å²) in [6, 6.07) is 2.88. The second-order valence-corrected chi connectivity index (χ2v) is 3.90. The number of carbonyl (C=O) groups is 1. The zero-order valence-corrected chi connectivity index (χ0v) is 9.89. The van der Waals surface area contributed by atoms with E-state index >= 15 is 0 Å². The summed E-state index contributed by atoms with van der Waals surface area (Å²) in [7, 11) is 1.28. The van der Waals surface area contributed by atoms with E-state index in [0.29, 0.717) is 10.1 Å². The van der Waals surface area contributed by atoms with Crippen molar-refractivity contribution in [1.82, 2.24) is 9.38 Å². The number of nitrogens with zero attached hydrogens (tertiary/aromatic N) is 2. The fourth-order valence-electron chi connectivity index (χ4n) is 1.33. The van der Waals surface area contributed by atoms with Crippen molar-refractivity contribution in [2.75, 3.05) is 7.11 Å². The number of aromatic nitrogens is 2. The molecule has 16 heavy (non-hydrogen) atoms. The van der Waals surface area contributed by atoms with Crippen LogP contribution in [0.1, 0.15) is 10.4 Å². The summed E-state index contributed by atoms with van der Waals surface area (Å²) in [5.74, 6) is -0.502. The van der Waals surface area contributed by atoms with Crippen molar-refractivity contribution in [3.05, 3.63) is 44.9 Å². The average molecular weight is 283 g/mol. The van der Waals surface area contributed by atoms with Gasteiger partial charge in [-0.15, -0.1) is 0 Å². The Morgan fingerprint density at radius 1 is 1.56 bits per heavy atom. The minimum atomic E-state index is -0.502. The van der Waals surface area contributed by atoms with Gasteiger partial charge >= 0.3 is 5.97 Å². The highest BCUT2D eigenvalue weighted by atomic mass is 79.9. The molecule has 0 aliphatic carbocycles. The summed E-state index contributed by atoms with van der Waals surface area (Å²) in [5.41, 5.74) is 0.494.